The highest BCUT2D eigenvalue weighted by Gasteiger charge is 2.24. The summed E-state index contributed by atoms with van der Waals surface area (Å²) in [6, 6.07) is 6.55. The molecule has 0 saturated heterocycles. The van der Waals surface area contributed by atoms with Gasteiger partial charge in [0, 0.05) is 17.6 Å². The van der Waals surface area contributed by atoms with E-state index in [2.05, 4.69) is 41.5 Å². The summed E-state index contributed by atoms with van der Waals surface area (Å²) in [6.07, 6.45) is 1.97. The third kappa shape index (κ3) is 3.59. The molecule has 0 aliphatic rings. The van der Waals surface area contributed by atoms with E-state index in [0.29, 0.717) is 0 Å². The van der Waals surface area contributed by atoms with Crippen molar-refractivity contribution in [2.24, 2.45) is 0 Å². The van der Waals surface area contributed by atoms with Crippen molar-refractivity contribution in [1.82, 2.24) is 4.90 Å². The van der Waals surface area contributed by atoms with Crippen LogP contribution in [0.15, 0.2) is 18.2 Å². The monoisotopic (exact) mass is 261 g/mol. The van der Waals surface area contributed by atoms with Gasteiger partial charge >= 0.3 is 0 Å². The van der Waals surface area contributed by atoms with Crippen molar-refractivity contribution >= 4 is 5.91 Å². The first-order valence-corrected chi connectivity index (χ1v) is 7.32. The van der Waals surface area contributed by atoms with E-state index >= 15 is 0 Å². The van der Waals surface area contributed by atoms with Crippen molar-refractivity contribution in [3.05, 3.63) is 34.9 Å². The molecule has 0 aliphatic carbocycles. The van der Waals surface area contributed by atoms with Crippen molar-refractivity contribution in [3.8, 4) is 0 Å². The number of hydrogen-bond donors (Lipinski definition) is 0. The average molecular weight is 261 g/mol. The molecule has 2 nitrogen and oxygen atoms in total. The Morgan fingerprint density at radius 1 is 1.05 bits per heavy atom. The predicted octanol–water partition coefficient (Wildman–Crippen LogP) is 4.34. The van der Waals surface area contributed by atoms with E-state index in [4.69, 9.17) is 0 Å². The third-order valence-corrected chi connectivity index (χ3v) is 4.12. The molecule has 0 spiro atoms. The van der Waals surface area contributed by atoms with Crippen molar-refractivity contribution in [3.63, 3.8) is 0 Å². The van der Waals surface area contributed by atoms with Gasteiger partial charge in [-0.05, 0) is 63.8 Å². The SMILES string of the molecule is CCC(C)N(C(=O)c1ccc(C)c(C)c1)C(C)CC. The lowest BCUT2D eigenvalue weighted by atomic mass is 10.0. The normalized spacial score (nSPS) is 14.0. The first-order valence-electron chi connectivity index (χ1n) is 7.32. The van der Waals surface area contributed by atoms with Gasteiger partial charge in [-0.15, -0.1) is 0 Å². The van der Waals surface area contributed by atoms with Crippen LogP contribution >= 0.6 is 0 Å². The van der Waals surface area contributed by atoms with E-state index in [1.165, 1.54) is 11.1 Å². The van der Waals surface area contributed by atoms with E-state index in [1.807, 2.05) is 23.1 Å². The number of amides is 1. The van der Waals surface area contributed by atoms with Crippen LogP contribution in [0, 0.1) is 13.8 Å². The summed E-state index contributed by atoms with van der Waals surface area (Å²) >= 11 is 0. The Morgan fingerprint density at radius 2 is 1.58 bits per heavy atom. The molecule has 1 aromatic rings. The molecule has 1 rings (SSSR count). The number of rotatable bonds is 5. The molecule has 1 aromatic carbocycles. The number of carbonyl (C=O) groups is 1. The Labute approximate surface area is 117 Å². The number of carbonyl (C=O) groups excluding carboxylic acids is 1. The molecule has 0 radical (unpaired) electrons. The van der Waals surface area contributed by atoms with E-state index in [9.17, 15) is 4.79 Å². The zero-order chi connectivity index (χ0) is 14.6. The van der Waals surface area contributed by atoms with Gasteiger partial charge in [0.1, 0.15) is 0 Å². The van der Waals surface area contributed by atoms with E-state index < -0.39 is 0 Å². The van der Waals surface area contributed by atoms with E-state index in [0.717, 1.165) is 18.4 Å². The van der Waals surface area contributed by atoms with Gasteiger partial charge in [-0.1, -0.05) is 19.9 Å². The van der Waals surface area contributed by atoms with Crippen LogP contribution < -0.4 is 0 Å². The Morgan fingerprint density at radius 3 is 2.00 bits per heavy atom. The highest BCUT2D eigenvalue weighted by Crippen LogP contribution is 2.18. The Hall–Kier alpha value is -1.31. The van der Waals surface area contributed by atoms with Crippen molar-refractivity contribution in [2.75, 3.05) is 0 Å². The molecule has 2 atom stereocenters. The van der Waals surface area contributed by atoms with E-state index in [-0.39, 0.29) is 18.0 Å². The summed E-state index contributed by atoms with van der Waals surface area (Å²) in [6.45, 7) is 12.7. The zero-order valence-corrected chi connectivity index (χ0v) is 13.2. The highest BCUT2D eigenvalue weighted by atomic mass is 16.2. The summed E-state index contributed by atoms with van der Waals surface area (Å²) in [5.41, 5.74) is 3.22. The summed E-state index contributed by atoms with van der Waals surface area (Å²) < 4.78 is 0. The van der Waals surface area contributed by atoms with Gasteiger partial charge in [0.15, 0.2) is 0 Å². The minimum Gasteiger partial charge on any atom is -0.333 e. The molecular formula is C17H27NO. The van der Waals surface area contributed by atoms with Gasteiger partial charge in [0.05, 0.1) is 0 Å². The van der Waals surface area contributed by atoms with Crippen molar-refractivity contribution in [1.29, 1.82) is 0 Å². The van der Waals surface area contributed by atoms with Gasteiger partial charge in [0.25, 0.3) is 5.91 Å². The van der Waals surface area contributed by atoms with Gasteiger partial charge in [-0.25, -0.2) is 0 Å². The van der Waals surface area contributed by atoms with Crippen molar-refractivity contribution < 1.29 is 4.79 Å². The average Bonchev–Trinajstić information content (AvgIpc) is 2.41. The molecule has 0 aromatic heterocycles. The second-order valence-corrected chi connectivity index (χ2v) is 5.53. The summed E-state index contributed by atoms with van der Waals surface area (Å²) in [5.74, 6) is 0.159. The minimum absolute atomic E-state index is 0.159. The second kappa shape index (κ2) is 6.74. The lowest BCUT2D eigenvalue weighted by molar-refractivity contribution is 0.0598. The predicted molar refractivity (Wildman–Crippen MR) is 81.6 cm³/mol. The molecule has 2 heteroatoms. The first-order chi connectivity index (χ1) is 8.92. The topological polar surface area (TPSA) is 20.3 Å². The second-order valence-electron chi connectivity index (χ2n) is 5.53. The number of benzene rings is 1. The highest BCUT2D eigenvalue weighted by molar-refractivity contribution is 5.94. The molecular weight excluding hydrogens is 234 g/mol. The lowest BCUT2D eigenvalue weighted by Gasteiger charge is -2.34. The van der Waals surface area contributed by atoms with Crippen LogP contribution in [0.4, 0.5) is 0 Å². The van der Waals surface area contributed by atoms with Crippen LogP contribution in [-0.4, -0.2) is 22.9 Å². The van der Waals surface area contributed by atoms with Crippen LogP contribution in [0.2, 0.25) is 0 Å². The first kappa shape index (κ1) is 15.7. The molecule has 0 aliphatic heterocycles. The Balaban J connectivity index is 3.08. The van der Waals surface area contributed by atoms with Crippen LogP contribution in [-0.2, 0) is 0 Å². The summed E-state index contributed by atoms with van der Waals surface area (Å²) in [4.78, 5) is 14.8. The van der Waals surface area contributed by atoms with Crippen LogP contribution in [0.1, 0.15) is 62.0 Å². The number of hydrogen-bond acceptors (Lipinski definition) is 1. The van der Waals surface area contributed by atoms with Gasteiger partial charge in [-0.2, -0.15) is 0 Å². The van der Waals surface area contributed by atoms with Gasteiger partial charge in [0.2, 0.25) is 0 Å². The zero-order valence-electron chi connectivity index (χ0n) is 13.2. The Bertz CT molecular complexity index is 429. The maximum absolute atomic E-state index is 12.7. The smallest absolute Gasteiger partial charge is 0.254 e. The van der Waals surface area contributed by atoms with Crippen LogP contribution in [0.5, 0.6) is 0 Å². The molecule has 106 valence electrons. The molecule has 0 bridgehead atoms. The summed E-state index contributed by atoms with van der Waals surface area (Å²) in [7, 11) is 0. The quantitative estimate of drug-likeness (QED) is 0.772. The maximum atomic E-state index is 12.7. The van der Waals surface area contributed by atoms with Crippen LogP contribution in [0.3, 0.4) is 0 Å². The van der Waals surface area contributed by atoms with E-state index in [1.54, 1.807) is 0 Å². The van der Waals surface area contributed by atoms with Gasteiger partial charge < -0.3 is 4.90 Å². The molecule has 2 unspecified atom stereocenters. The fraction of sp³-hybridized carbons (Fsp3) is 0.588. The largest absolute Gasteiger partial charge is 0.333 e. The fourth-order valence-corrected chi connectivity index (χ4v) is 2.25. The maximum Gasteiger partial charge on any atom is 0.254 e. The minimum atomic E-state index is 0.159. The summed E-state index contributed by atoms with van der Waals surface area (Å²) in [5, 5.41) is 0. The molecule has 0 heterocycles. The standard InChI is InChI=1S/C17H27NO/c1-7-14(5)18(15(6)8-2)17(19)16-10-9-12(3)13(4)11-16/h9-11,14-15H,7-8H2,1-6H3. The van der Waals surface area contributed by atoms with Crippen LogP contribution in [0.25, 0.3) is 0 Å². The molecule has 0 N–H and O–H groups in total. The van der Waals surface area contributed by atoms with Gasteiger partial charge in [-0.3, -0.25) is 4.79 Å². The molecule has 19 heavy (non-hydrogen) atoms. The lowest BCUT2D eigenvalue weighted by Crippen LogP contribution is -2.44. The third-order valence-electron chi connectivity index (χ3n) is 4.12. The fourth-order valence-electron chi connectivity index (χ4n) is 2.25. The molecule has 1 amide bonds. The number of nitrogens with zero attached hydrogens (tertiary/aromatic N) is 1. The molecule has 0 saturated carbocycles. The number of aryl methyl sites for hydroxylation is 2. The molecule has 0 fully saturated rings. The van der Waals surface area contributed by atoms with Crippen molar-refractivity contribution in [2.45, 2.75) is 66.5 Å². The Kier molecular flexibility index (Phi) is 5.59.